The first-order chi connectivity index (χ1) is 5.04. The van der Waals surface area contributed by atoms with Gasteiger partial charge in [-0.3, -0.25) is 0 Å². The molecular formula is C6H13FN2O2. The number of halogens is 1. The molecule has 66 valence electrons. The average Bonchev–Trinajstić information content (AvgIpc) is 1.97. The summed E-state index contributed by atoms with van der Waals surface area (Å²) in [6.45, 7) is 0. The molecule has 5 heteroatoms. The van der Waals surface area contributed by atoms with E-state index in [9.17, 15) is 4.39 Å². The number of aliphatic hydroxyl groups is 2. The largest absolute Gasteiger partial charge is 0.388 e. The van der Waals surface area contributed by atoms with E-state index in [2.05, 4.69) is 0 Å². The van der Waals surface area contributed by atoms with Crippen LogP contribution in [-0.2, 0) is 0 Å². The molecule has 5 atom stereocenters. The predicted molar refractivity (Wildman–Crippen MR) is 37.5 cm³/mol. The van der Waals surface area contributed by atoms with Crippen LogP contribution in [0.1, 0.15) is 6.42 Å². The molecule has 0 amide bonds. The van der Waals surface area contributed by atoms with Gasteiger partial charge < -0.3 is 21.7 Å². The second kappa shape index (κ2) is 3.02. The Kier molecular flexibility index (Phi) is 2.43. The Morgan fingerprint density at radius 2 is 1.45 bits per heavy atom. The third-order valence-corrected chi connectivity index (χ3v) is 2.07. The molecular weight excluding hydrogens is 151 g/mol. The van der Waals surface area contributed by atoms with Crippen molar-refractivity contribution in [3.8, 4) is 0 Å². The topological polar surface area (TPSA) is 92.5 Å². The Bertz CT molecular complexity index is 133. The fraction of sp³-hybridized carbons (Fsp3) is 1.00. The van der Waals surface area contributed by atoms with Crippen molar-refractivity contribution >= 4 is 0 Å². The lowest BCUT2D eigenvalue weighted by molar-refractivity contribution is -0.0608. The van der Waals surface area contributed by atoms with Crippen molar-refractivity contribution in [3.05, 3.63) is 0 Å². The molecule has 11 heavy (non-hydrogen) atoms. The fourth-order valence-corrected chi connectivity index (χ4v) is 1.27. The smallest absolute Gasteiger partial charge is 0.155 e. The molecule has 1 fully saturated rings. The summed E-state index contributed by atoms with van der Waals surface area (Å²) in [5, 5.41) is 18.0. The summed E-state index contributed by atoms with van der Waals surface area (Å²) in [6.07, 6.45) is -4.04. The van der Waals surface area contributed by atoms with Crippen molar-refractivity contribution in [2.45, 2.75) is 36.9 Å². The first kappa shape index (κ1) is 8.86. The molecule has 3 unspecified atom stereocenters. The van der Waals surface area contributed by atoms with Gasteiger partial charge in [-0.1, -0.05) is 0 Å². The van der Waals surface area contributed by atoms with E-state index in [1.165, 1.54) is 0 Å². The third-order valence-electron chi connectivity index (χ3n) is 2.07. The van der Waals surface area contributed by atoms with Gasteiger partial charge in [0.25, 0.3) is 0 Å². The van der Waals surface area contributed by atoms with E-state index < -0.39 is 30.5 Å². The lowest BCUT2D eigenvalue weighted by Gasteiger charge is -2.35. The van der Waals surface area contributed by atoms with E-state index in [1.807, 2.05) is 0 Å². The van der Waals surface area contributed by atoms with Crippen LogP contribution in [0.3, 0.4) is 0 Å². The summed E-state index contributed by atoms with van der Waals surface area (Å²) < 4.78 is 12.8. The maximum Gasteiger partial charge on any atom is 0.155 e. The van der Waals surface area contributed by atoms with Gasteiger partial charge in [0.1, 0.15) is 12.2 Å². The SMILES string of the molecule is NC1C[C@@H](N)C(O)C(F)[C@@H]1O. The molecule has 0 heterocycles. The van der Waals surface area contributed by atoms with Crippen LogP contribution >= 0.6 is 0 Å². The Hall–Kier alpha value is -0.230. The molecule has 0 radical (unpaired) electrons. The van der Waals surface area contributed by atoms with Crippen molar-refractivity contribution in [3.63, 3.8) is 0 Å². The van der Waals surface area contributed by atoms with Crippen molar-refractivity contribution in [1.29, 1.82) is 0 Å². The molecule has 0 saturated heterocycles. The van der Waals surface area contributed by atoms with Crippen molar-refractivity contribution in [2.24, 2.45) is 11.5 Å². The zero-order chi connectivity index (χ0) is 8.59. The van der Waals surface area contributed by atoms with Crippen LogP contribution in [0.25, 0.3) is 0 Å². The zero-order valence-electron chi connectivity index (χ0n) is 6.02. The van der Waals surface area contributed by atoms with Crippen molar-refractivity contribution < 1.29 is 14.6 Å². The van der Waals surface area contributed by atoms with Gasteiger partial charge in [-0.15, -0.1) is 0 Å². The first-order valence-electron chi connectivity index (χ1n) is 3.55. The van der Waals surface area contributed by atoms with Crippen LogP contribution in [-0.4, -0.2) is 40.7 Å². The number of rotatable bonds is 0. The Morgan fingerprint density at radius 3 is 1.82 bits per heavy atom. The number of aliphatic hydroxyl groups excluding tert-OH is 2. The highest BCUT2D eigenvalue weighted by atomic mass is 19.1. The number of nitrogens with two attached hydrogens (primary N) is 2. The predicted octanol–water partition coefficient (Wildman–Crippen LogP) is -1.90. The maximum absolute atomic E-state index is 12.8. The lowest BCUT2D eigenvalue weighted by atomic mass is 9.86. The second-order valence-corrected chi connectivity index (χ2v) is 2.99. The Labute approximate surface area is 64.0 Å². The summed E-state index contributed by atoms with van der Waals surface area (Å²) in [4.78, 5) is 0. The second-order valence-electron chi connectivity index (χ2n) is 2.99. The zero-order valence-corrected chi connectivity index (χ0v) is 6.02. The summed E-state index contributed by atoms with van der Waals surface area (Å²) >= 11 is 0. The molecule has 0 aromatic rings. The van der Waals surface area contributed by atoms with Gasteiger partial charge in [0.15, 0.2) is 6.17 Å². The molecule has 0 aromatic heterocycles. The van der Waals surface area contributed by atoms with Gasteiger partial charge >= 0.3 is 0 Å². The fourth-order valence-electron chi connectivity index (χ4n) is 1.27. The highest BCUT2D eigenvalue weighted by molar-refractivity contribution is 4.96. The van der Waals surface area contributed by atoms with E-state index in [1.54, 1.807) is 0 Å². The maximum atomic E-state index is 12.8. The number of alkyl halides is 1. The minimum absolute atomic E-state index is 0.253. The molecule has 1 rings (SSSR count). The van der Waals surface area contributed by atoms with Gasteiger partial charge in [-0.05, 0) is 6.42 Å². The van der Waals surface area contributed by atoms with Crippen LogP contribution < -0.4 is 11.5 Å². The lowest BCUT2D eigenvalue weighted by Crippen LogP contribution is -2.59. The van der Waals surface area contributed by atoms with Crippen molar-refractivity contribution in [1.82, 2.24) is 0 Å². The average molecular weight is 164 g/mol. The summed E-state index contributed by atoms with van der Waals surface area (Å²) in [5.74, 6) is 0. The van der Waals surface area contributed by atoms with Gasteiger partial charge in [0.2, 0.25) is 0 Å². The highest BCUT2D eigenvalue weighted by Crippen LogP contribution is 2.20. The molecule has 1 saturated carbocycles. The van der Waals surface area contributed by atoms with Crippen molar-refractivity contribution in [2.75, 3.05) is 0 Å². The number of hydrogen-bond acceptors (Lipinski definition) is 4. The van der Waals surface area contributed by atoms with E-state index >= 15 is 0 Å². The van der Waals surface area contributed by atoms with Crippen LogP contribution in [0.15, 0.2) is 0 Å². The molecule has 0 bridgehead atoms. The molecule has 0 aromatic carbocycles. The van der Waals surface area contributed by atoms with Gasteiger partial charge in [0, 0.05) is 12.1 Å². The van der Waals surface area contributed by atoms with Crippen LogP contribution in [0.4, 0.5) is 4.39 Å². The Morgan fingerprint density at radius 1 is 1.09 bits per heavy atom. The summed E-state index contributed by atoms with van der Waals surface area (Å²) in [5.41, 5.74) is 10.7. The monoisotopic (exact) mass is 164 g/mol. The van der Waals surface area contributed by atoms with E-state index in [0.717, 1.165) is 0 Å². The molecule has 0 spiro atoms. The normalized spacial score (nSPS) is 52.6. The first-order valence-corrected chi connectivity index (χ1v) is 3.55. The van der Waals surface area contributed by atoms with Crippen LogP contribution in [0.5, 0.6) is 0 Å². The van der Waals surface area contributed by atoms with Gasteiger partial charge in [0.05, 0.1) is 0 Å². The highest BCUT2D eigenvalue weighted by Gasteiger charge is 2.40. The Balaban J connectivity index is 2.63. The molecule has 6 N–H and O–H groups in total. The molecule has 4 nitrogen and oxygen atoms in total. The summed E-state index contributed by atoms with van der Waals surface area (Å²) in [7, 11) is 0. The minimum atomic E-state index is -1.71. The summed E-state index contributed by atoms with van der Waals surface area (Å²) in [6, 6.07) is -1.33. The van der Waals surface area contributed by atoms with Crippen LogP contribution in [0.2, 0.25) is 0 Å². The molecule has 1 aliphatic carbocycles. The minimum Gasteiger partial charge on any atom is -0.388 e. The third kappa shape index (κ3) is 1.51. The van der Waals surface area contributed by atoms with E-state index in [4.69, 9.17) is 21.7 Å². The van der Waals surface area contributed by atoms with Gasteiger partial charge in [-0.2, -0.15) is 0 Å². The standard InChI is InChI=1S/C6H13FN2O2/c7-4-5(10)2(8)1-3(9)6(4)11/h2-6,10-11H,1,8-9H2/t2-,3?,4?,5?,6-/m1/s1. The van der Waals surface area contributed by atoms with Crippen LogP contribution in [0, 0.1) is 0 Å². The molecule has 0 aliphatic heterocycles. The van der Waals surface area contributed by atoms with Gasteiger partial charge in [-0.25, -0.2) is 4.39 Å². The number of hydrogen-bond donors (Lipinski definition) is 4. The molecule has 1 aliphatic rings. The van der Waals surface area contributed by atoms with E-state index in [0.29, 0.717) is 0 Å². The van der Waals surface area contributed by atoms with E-state index in [-0.39, 0.29) is 6.42 Å². The quantitative estimate of drug-likeness (QED) is 0.336.